The van der Waals surface area contributed by atoms with Gasteiger partial charge in [0.1, 0.15) is 0 Å². The third-order valence-electron chi connectivity index (χ3n) is 4.10. The van der Waals surface area contributed by atoms with Gasteiger partial charge in [-0.1, -0.05) is 65.7 Å². The highest BCUT2D eigenvalue weighted by Crippen LogP contribution is 2.39. The summed E-state index contributed by atoms with van der Waals surface area (Å²) in [5, 5.41) is 8.29. The van der Waals surface area contributed by atoms with E-state index in [1.807, 2.05) is 0 Å². The van der Waals surface area contributed by atoms with Crippen LogP contribution in [0.15, 0.2) is 0 Å². The van der Waals surface area contributed by atoms with Crippen LogP contribution in [0.4, 0.5) is 0 Å². The van der Waals surface area contributed by atoms with Gasteiger partial charge >= 0.3 is 0 Å². The summed E-state index contributed by atoms with van der Waals surface area (Å²) in [5.41, 5.74) is 0. The lowest BCUT2D eigenvalue weighted by atomic mass is 10.3. The van der Waals surface area contributed by atoms with Crippen molar-refractivity contribution in [2.45, 2.75) is 97.8 Å². The summed E-state index contributed by atoms with van der Waals surface area (Å²) in [5.74, 6) is 0. The summed E-state index contributed by atoms with van der Waals surface area (Å²) < 4.78 is 0. The molecule has 0 aromatic rings. The summed E-state index contributed by atoms with van der Waals surface area (Å²) in [6.45, 7) is 7.30. The quantitative estimate of drug-likeness (QED) is 0.229. The highest BCUT2D eigenvalue weighted by atomic mass is 31.1. The van der Waals surface area contributed by atoms with Crippen LogP contribution in [-0.2, 0) is 0 Å². The van der Waals surface area contributed by atoms with E-state index in [0.717, 1.165) is 6.42 Å². The second-order valence-electron chi connectivity index (χ2n) is 6.54. The summed E-state index contributed by atoms with van der Waals surface area (Å²) >= 11 is 0. The summed E-state index contributed by atoms with van der Waals surface area (Å²) in [6.07, 6.45) is 22.2. The van der Waals surface area contributed by atoms with E-state index in [4.69, 9.17) is 5.11 Å². The number of unbranched alkanes of at least 4 members (excludes halogenated alkanes) is 8. The van der Waals surface area contributed by atoms with Gasteiger partial charge in [-0.15, -0.1) is 17.2 Å². The molecule has 3 heteroatoms. The Balaban J connectivity index is 0. The van der Waals surface area contributed by atoms with E-state index < -0.39 is 0 Å². The molecule has 142 valence electrons. The molecule has 1 atom stereocenters. The zero-order chi connectivity index (χ0) is 17.6. The van der Waals surface area contributed by atoms with Gasteiger partial charge in [-0.25, -0.2) is 0 Å². The van der Waals surface area contributed by atoms with Crippen molar-refractivity contribution in [1.82, 2.24) is 0 Å². The van der Waals surface area contributed by atoms with E-state index in [2.05, 4.69) is 30.0 Å². The van der Waals surface area contributed by atoms with E-state index in [1.54, 1.807) is 18.5 Å². The molecule has 0 aliphatic rings. The Kier molecular flexibility index (Phi) is 28.4. The molecule has 1 N–H and O–H groups in total. The molecule has 1 unspecified atom stereocenters. The molecule has 0 aliphatic heterocycles. The average Bonchev–Trinajstić information content (AvgIpc) is 2.56. The molecule has 23 heavy (non-hydrogen) atoms. The Bertz CT molecular complexity index is 161. The minimum Gasteiger partial charge on any atom is -0.396 e. The van der Waals surface area contributed by atoms with Crippen LogP contribution >= 0.6 is 17.2 Å². The zero-order valence-corrected chi connectivity index (χ0v) is 18.5. The van der Waals surface area contributed by atoms with Gasteiger partial charge in [0.15, 0.2) is 0 Å². The first-order valence-corrected chi connectivity index (χ1v) is 13.0. The number of hydrogen-bond donors (Lipinski definition) is 1. The Labute approximate surface area is 151 Å². The van der Waals surface area contributed by atoms with Gasteiger partial charge in [-0.2, -0.15) is 0 Å². The molecule has 0 amide bonds. The molecule has 0 aromatic heterocycles. The third-order valence-corrected chi connectivity index (χ3v) is 7.35. The molecule has 0 heterocycles. The van der Waals surface area contributed by atoms with Gasteiger partial charge in [0.2, 0.25) is 0 Å². The number of aliphatic hydroxyl groups excluding tert-OH is 1. The normalized spacial score (nSPS) is 10.7. The van der Waals surface area contributed by atoms with Crippen molar-refractivity contribution in [3.05, 3.63) is 0 Å². The minimum atomic E-state index is 0.352. The molecule has 0 bridgehead atoms. The fourth-order valence-electron chi connectivity index (χ4n) is 2.52. The molecule has 0 saturated carbocycles. The van der Waals surface area contributed by atoms with Crippen LogP contribution in [0.25, 0.3) is 0 Å². The van der Waals surface area contributed by atoms with E-state index in [0.29, 0.717) is 14.5 Å². The molecule has 0 saturated heterocycles. The maximum absolute atomic E-state index is 8.29. The van der Waals surface area contributed by atoms with Gasteiger partial charge < -0.3 is 5.11 Å². The molecule has 1 nitrogen and oxygen atoms in total. The van der Waals surface area contributed by atoms with Crippen LogP contribution in [-0.4, -0.2) is 36.4 Å². The van der Waals surface area contributed by atoms with Gasteiger partial charge in [-0.3, -0.25) is 0 Å². The van der Waals surface area contributed by atoms with Crippen molar-refractivity contribution in [3.63, 3.8) is 0 Å². The summed E-state index contributed by atoms with van der Waals surface area (Å²) in [7, 11) is 3.07. The van der Waals surface area contributed by atoms with Gasteiger partial charge in [0, 0.05) is 6.61 Å². The first-order valence-electron chi connectivity index (χ1n) is 10.3. The molecule has 0 radical (unpaired) electrons. The van der Waals surface area contributed by atoms with Crippen LogP contribution in [0.5, 0.6) is 0 Å². The molecule has 0 spiro atoms. The second-order valence-corrected chi connectivity index (χ2v) is 9.80. The lowest BCUT2D eigenvalue weighted by Gasteiger charge is -2.17. The number of rotatable bonds is 16. The highest BCUT2D eigenvalue weighted by Gasteiger charge is 2.06. The van der Waals surface area contributed by atoms with Crippen LogP contribution < -0.4 is 0 Å². The topological polar surface area (TPSA) is 20.2 Å². The third kappa shape index (κ3) is 25.2. The van der Waals surface area contributed by atoms with Gasteiger partial charge in [-0.05, 0) is 56.8 Å². The van der Waals surface area contributed by atoms with E-state index >= 15 is 0 Å². The largest absolute Gasteiger partial charge is 0.396 e. The van der Waals surface area contributed by atoms with Crippen molar-refractivity contribution in [3.8, 4) is 0 Å². The molecule has 0 rings (SSSR count). The van der Waals surface area contributed by atoms with Crippen molar-refractivity contribution < 1.29 is 5.11 Å². The Morgan fingerprint density at radius 2 is 1.04 bits per heavy atom. The molecule has 0 aromatic carbocycles. The fourth-order valence-corrected chi connectivity index (χ4v) is 5.50. The Morgan fingerprint density at radius 3 is 1.35 bits per heavy atom. The van der Waals surface area contributed by atoms with Crippen molar-refractivity contribution in [2.75, 3.05) is 31.3 Å². The van der Waals surface area contributed by atoms with Crippen LogP contribution in [0.3, 0.4) is 0 Å². The van der Waals surface area contributed by atoms with Crippen LogP contribution in [0.2, 0.25) is 0 Å². The van der Waals surface area contributed by atoms with E-state index in [1.165, 1.54) is 76.8 Å². The maximum atomic E-state index is 8.29. The molecular weight excluding hydrogens is 318 g/mol. The highest BCUT2D eigenvalue weighted by molar-refractivity contribution is 7.57. The van der Waals surface area contributed by atoms with E-state index in [9.17, 15) is 0 Å². The minimum absolute atomic E-state index is 0.352. The maximum Gasteiger partial charge on any atom is 0.0431 e. The average molecular weight is 365 g/mol. The number of hydrogen-bond acceptors (Lipinski definition) is 1. The summed E-state index contributed by atoms with van der Waals surface area (Å²) in [6, 6.07) is 0. The van der Waals surface area contributed by atoms with Gasteiger partial charge in [0.05, 0.1) is 0 Å². The van der Waals surface area contributed by atoms with Crippen molar-refractivity contribution in [2.24, 2.45) is 0 Å². The van der Waals surface area contributed by atoms with Crippen molar-refractivity contribution >= 4 is 17.2 Å². The van der Waals surface area contributed by atoms with Crippen LogP contribution in [0.1, 0.15) is 97.8 Å². The monoisotopic (exact) mass is 364 g/mol. The SMILES string of the molecule is CCCCCP(CCCCC)CCCCC.OCCCCCP. The predicted molar refractivity (Wildman–Crippen MR) is 116 cm³/mol. The summed E-state index contributed by atoms with van der Waals surface area (Å²) in [4.78, 5) is 0. The predicted octanol–water partition coefficient (Wildman–Crippen LogP) is 7.06. The van der Waals surface area contributed by atoms with Crippen LogP contribution in [0, 0.1) is 0 Å². The van der Waals surface area contributed by atoms with Crippen molar-refractivity contribution in [1.29, 1.82) is 0 Å². The first-order chi connectivity index (χ1) is 11.3. The Hall–Kier alpha value is 0.820. The molecule has 0 fully saturated rings. The standard InChI is InChI=1S/C15H33P.C5H13OP/c1-4-7-10-13-16(14-11-8-5-2)15-12-9-6-3;6-4-2-1-3-5-7/h4-15H2,1-3H3;6H,1-5,7H2. The zero-order valence-electron chi connectivity index (χ0n) is 16.5. The van der Waals surface area contributed by atoms with Gasteiger partial charge in [0.25, 0.3) is 0 Å². The number of aliphatic hydroxyl groups is 1. The Morgan fingerprint density at radius 1 is 0.609 bits per heavy atom. The van der Waals surface area contributed by atoms with E-state index in [-0.39, 0.29) is 0 Å². The first kappa shape index (κ1) is 26.1. The smallest absolute Gasteiger partial charge is 0.0431 e. The molecule has 0 aliphatic carbocycles. The lowest BCUT2D eigenvalue weighted by molar-refractivity contribution is 0.284. The second kappa shape index (κ2) is 25.1. The molecular formula is C20H46OP2. The fraction of sp³-hybridized carbons (Fsp3) is 1.00. The lowest BCUT2D eigenvalue weighted by Crippen LogP contribution is -1.96.